The first-order chi connectivity index (χ1) is 14.9. The second-order valence-electron chi connectivity index (χ2n) is 7.13. The summed E-state index contributed by atoms with van der Waals surface area (Å²) in [4.78, 5) is 17.2. The molecule has 0 saturated heterocycles. The summed E-state index contributed by atoms with van der Waals surface area (Å²) in [7, 11) is 1.54. The van der Waals surface area contributed by atoms with E-state index in [2.05, 4.69) is 15.6 Å². The van der Waals surface area contributed by atoms with Crippen LogP contribution in [0.5, 0.6) is 5.75 Å². The van der Waals surface area contributed by atoms with Crippen LogP contribution < -0.4 is 15.4 Å². The second kappa shape index (κ2) is 8.57. The monoisotopic (exact) mass is 431 g/mol. The van der Waals surface area contributed by atoms with Crippen LogP contribution in [0.15, 0.2) is 65.1 Å². The maximum atomic E-state index is 12.6. The zero-order valence-corrected chi connectivity index (χ0v) is 18.2. The van der Waals surface area contributed by atoms with Crippen LogP contribution in [-0.2, 0) is 0 Å². The lowest BCUT2D eigenvalue weighted by Gasteiger charge is -2.13. The van der Waals surface area contributed by atoms with Gasteiger partial charge in [0.05, 0.1) is 12.7 Å². The predicted molar refractivity (Wildman–Crippen MR) is 126 cm³/mol. The number of ether oxygens (including phenoxy) is 1. The molecular formula is C24H21N3O3S. The zero-order chi connectivity index (χ0) is 22.0. The van der Waals surface area contributed by atoms with E-state index >= 15 is 0 Å². The summed E-state index contributed by atoms with van der Waals surface area (Å²) in [6, 6.07) is 18.8. The third-order valence-electron chi connectivity index (χ3n) is 4.80. The van der Waals surface area contributed by atoms with Crippen LogP contribution in [0.25, 0.3) is 22.6 Å². The van der Waals surface area contributed by atoms with Crippen LogP contribution in [-0.4, -0.2) is 23.1 Å². The molecule has 6 nitrogen and oxygen atoms in total. The van der Waals surface area contributed by atoms with Gasteiger partial charge in [0.15, 0.2) is 10.7 Å². The van der Waals surface area contributed by atoms with Gasteiger partial charge in [0.2, 0.25) is 5.89 Å². The minimum absolute atomic E-state index is 0.176. The quantitative estimate of drug-likeness (QED) is 0.430. The highest BCUT2D eigenvalue weighted by Crippen LogP contribution is 2.27. The molecule has 31 heavy (non-hydrogen) atoms. The number of nitrogens with one attached hydrogen (secondary N) is 2. The number of amides is 1. The van der Waals surface area contributed by atoms with Crippen molar-refractivity contribution in [3.05, 3.63) is 77.4 Å². The van der Waals surface area contributed by atoms with Crippen molar-refractivity contribution >= 4 is 40.0 Å². The summed E-state index contributed by atoms with van der Waals surface area (Å²) in [5, 5.41) is 5.89. The van der Waals surface area contributed by atoms with Gasteiger partial charge in [-0.3, -0.25) is 10.1 Å². The molecule has 0 spiro atoms. The minimum Gasteiger partial charge on any atom is -0.496 e. The smallest absolute Gasteiger partial charge is 0.261 e. The molecule has 0 aliphatic carbocycles. The van der Waals surface area contributed by atoms with Crippen molar-refractivity contribution in [1.29, 1.82) is 0 Å². The number of hydrogen-bond acceptors (Lipinski definition) is 5. The standard InChI is InChI=1S/C24H21N3O3S/c1-14-6-4-8-16(12-14)23-26-19-13-17(10-11-20(19)30-23)25-24(31)27-22(28)18-9-5-7-15(2)21(18)29-3/h4-13H,1-3H3,(H2,25,27,28,31). The van der Waals surface area contributed by atoms with Crippen molar-refractivity contribution in [3.8, 4) is 17.2 Å². The lowest BCUT2D eigenvalue weighted by atomic mass is 10.1. The van der Waals surface area contributed by atoms with E-state index in [1.807, 2.05) is 62.4 Å². The van der Waals surface area contributed by atoms with Crippen LogP contribution in [0.3, 0.4) is 0 Å². The molecule has 2 N–H and O–H groups in total. The molecule has 0 aliphatic rings. The molecule has 1 aromatic heterocycles. The molecule has 4 aromatic rings. The maximum Gasteiger partial charge on any atom is 0.261 e. The number of nitrogens with zero attached hydrogens (tertiary/aromatic N) is 1. The van der Waals surface area contributed by atoms with Crippen molar-refractivity contribution in [2.24, 2.45) is 0 Å². The Morgan fingerprint density at radius 3 is 2.65 bits per heavy atom. The fourth-order valence-corrected chi connectivity index (χ4v) is 3.55. The van der Waals surface area contributed by atoms with E-state index < -0.39 is 0 Å². The van der Waals surface area contributed by atoms with Gasteiger partial charge >= 0.3 is 0 Å². The molecule has 7 heteroatoms. The van der Waals surface area contributed by atoms with E-state index in [9.17, 15) is 4.79 Å². The van der Waals surface area contributed by atoms with Gasteiger partial charge in [-0.2, -0.15) is 0 Å². The van der Waals surface area contributed by atoms with E-state index in [1.54, 1.807) is 12.1 Å². The molecule has 156 valence electrons. The lowest BCUT2D eigenvalue weighted by Crippen LogP contribution is -2.34. The Labute approximate surface area is 185 Å². The van der Waals surface area contributed by atoms with Crippen LogP contribution in [0, 0.1) is 13.8 Å². The van der Waals surface area contributed by atoms with Crippen LogP contribution >= 0.6 is 12.2 Å². The third-order valence-corrected chi connectivity index (χ3v) is 5.00. The number of anilines is 1. The Morgan fingerprint density at radius 2 is 1.87 bits per heavy atom. The predicted octanol–water partition coefficient (Wildman–Crippen LogP) is 5.25. The number of carbonyl (C=O) groups is 1. The SMILES string of the molecule is COc1c(C)cccc1C(=O)NC(=S)Nc1ccc2oc(-c3cccc(C)c3)nc2c1. The van der Waals surface area contributed by atoms with E-state index in [-0.39, 0.29) is 11.0 Å². The van der Waals surface area contributed by atoms with Crippen LogP contribution in [0.1, 0.15) is 21.5 Å². The Bertz CT molecular complexity index is 1300. The topological polar surface area (TPSA) is 76.4 Å². The van der Waals surface area contributed by atoms with Gasteiger partial charge in [-0.25, -0.2) is 4.98 Å². The van der Waals surface area contributed by atoms with Crippen molar-refractivity contribution in [3.63, 3.8) is 0 Å². The zero-order valence-electron chi connectivity index (χ0n) is 17.4. The van der Waals surface area contributed by atoms with Gasteiger partial charge in [0, 0.05) is 11.3 Å². The highest BCUT2D eigenvalue weighted by atomic mass is 32.1. The summed E-state index contributed by atoms with van der Waals surface area (Å²) in [6.07, 6.45) is 0. The number of hydrogen-bond donors (Lipinski definition) is 2. The molecule has 0 fully saturated rings. The van der Waals surface area contributed by atoms with Crippen LogP contribution in [0.2, 0.25) is 0 Å². The maximum absolute atomic E-state index is 12.6. The van der Waals surface area contributed by atoms with Crippen molar-refractivity contribution in [1.82, 2.24) is 10.3 Å². The largest absolute Gasteiger partial charge is 0.496 e. The van der Waals surface area contributed by atoms with Gasteiger partial charge in [-0.05, 0) is 68.0 Å². The third kappa shape index (κ3) is 4.41. The Hall–Kier alpha value is -3.71. The first-order valence-electron chi connectivity index (χ1n) is 9.68. The molecule has 0 atom stereocenters. The van der Waals surface area contributed by atoms with E-state index in [4.69, 9.17) is 21.4 Å². The van der Waals surface area contributed by atoms with Crippen LogP contribution in [0.4, 0.5) is 5.69 Å². The first-order valence-corrected chi connectivity index (χ1v) is 10.1. The average Bonchev–Trinajstić information content (AvgIpc) is 3.17. The molecule has 0 aliphatic heterocycles. The number of aromatic nitrogens is 1. The molecular weight excluding hydrogens is 410 g/mol. The summed E-state index contributed by atoms with van der Waals surface area (Å²) in [5.74, 6) is 0.732. The molecule has 0 unspecified atom stereocenters. The Morgan fingerprint density at radius 1 is 1.06 bits per heavy atom. The molecule has 4 rings (SSSR count). The summed E-state index contributed by atoms with van der Waals surface area (Å²) >= 11 is 5.32. The Balaban J connectivity index is 1.50. The fourth-order valence-electron chi connectivity index (χ4n) is 3.34. The van der Waals surface area contributed by atoms with Crippen molar-refractivity contribution in [2.45, 2.75) is 13.8 Å². The van der Waals surface area contributed by atoms with Gasteiger partial charge in [0.25, 0.3) is 5.91 Å². The number of para-hydroxylation sites is 1. The summed E-state index contributed by atoms with van der Waals surface area (Å²) in [5.41, 5.74) is 5.39. The molecule has 1 amide bonds. The summed E-state index contributed by atoms with van der Waals surface area (Å²) in [6.45, 7) is 3.90. The van der Waals surface area contributed by atoms with Crippen molar-refractivity contribution < 1.29 is 13.9 Å². The molecule has 1 heterocycles. The van der Waals surface area contributed by atoms with E-state index in [0.29, 0.717) is 34.0 Å². The normalized spacial score (nSPS) is 10.7. The highest BCUT2D eigenvalue weighted by Gasteiger charge is 2.15. The highest BCUT2D eigenvalue weighted by molar-refractivity contribution is 7.80. The number of oxazole rings is 1. The number of benzene rings is 3. The summed E-state index contributed by atoms with van der Waals surface area (Å²) < 4.78 is 11.2. The van der Waals surface area contributed by atoms with Gasteiger partial charge in [-0.15, -0.1) is 0 Å². The van der Waals surface area contributed by atoms with Gasteiger partial charge in [-0.1, -0.05) is 29.8 Å². The van der Waals surface area contributed by atoms with Gasteiger partial charge < -0.3 is 14.5 Å². The van der Waals surface area contributed by atoms with E-state index in [1.165, 1.54) is 7.11 Å². The lowest BCUT2D eigenvalue weighted by molar-refractivity contribution is 0.0974. The van der Waals surface area contributed by atoms with Gasteiger partial charge in [0.1, 0.15) is 11.3 Å². The first kappa shape index (κ1) is 20.6. The van der Waals surface area contributed by atoms with Crippen molar-refractivity contribution in [2.75, 3.05) is 12.4 Å². The number of carbonyl (C=O) groups excluding carboxylic acids is 1. The van der Waals surface area contributed by atoms with E-state index in [0.717, 1.165) is 16.7 Å². The fraction of sp³-hybridized carbons (Fsp3) is 0.125. The number of fused-ring (bicyclic) bond motifs is 1. The Kier molecular flexibility index (Phi) is 5.68. The number of thiocarbonyl (C=S) groups is 1. The number of methoxy groups -OCH3 is 1. The minimum atomic E-state index is -0.345. The molecule has 0 bridgehead atoms. The average molecular weight is 432 g/mol. The molecule has 0 radical (unpaired) electrons. The number of aryl methyl sites for hydroxylation is 2. The molecule has 0 saturated carbocycles. The second-order valence-corrected chi connectivity index (χ2v) is 7.54. The molecule has 3 aromatic carbocycles. The number of rotatable bonds is 4.